The molecule has 0 aromatic carbocycles. The van der Waals surface area contributed by atoms with Crippen molar-refractivity contribution in [1.82, 2.24) is 19.3 Å². The average Bonchev–Trinajstić information content (AvgIpc) is 2.98. The minimum atomic E-state index is 0.143. The summed E-state index contributed by atoms with van der Waals surface area (Å²) in [4.78, 5) is 4.40. The third kappa shape index (κ3) is 3.04. The lowest BCUT2D eigenvalue weighted by Gasteiger charge is -2.12. The first-order valence-electron chi connectivity index (χ1n) is 7.04. The lowest BCUT2D eigenvalue weighted by molar-refractivity contribution is 0.566. The van der Waals surface area contributed by atoms with Gasteiger partial charge in [0.25, 0.3) is 0 Å². The molecular formula is C14H22ClN5. The number of hydrogen-bond donors (Lipinski definition) is 1. The number of imidazole rings is 1. The Morgan fingerprint density at radius 1 is 1.40 bits per heavy atom. The monoisotopic (exact) mass is 295 g/mol. The summed E-state index contributed by atoms with van der Waals surface area (Å²) < 4.78 is 4.05. The van der Waals surface area contributed by atoms with E-state index in [1.54, 1.807) is 0 Å². The van der Waals surface area contributed by atoms with Gasteiger partial charge in [0.1, 0.15) is 5.82 Å². The SMILES string of the molecule is CCC(N)Cc1nccn1Cc1c(Cl)c(C)nn1CC. The molecule has 2 rings (SSSR count). The Morgan fingerprint density at radius 3 is 2.80 bits per heavy atom. The molecular weight excluding hydrogens is 274 g/mol. The molecule has 0 aliphatic carbocycles. The maximum Gasteiger partial charge on any atom is 0.110 e. The number of rotatable bonds is 6. The second-order valence-electron chi connectivity index (χ2n) is 5.01. The molecule has 0 aliphatic heterocycles. The summed E-state index contributed by atoms with van der Waals surface area (Å²) in [5, 5.41) is 5.18. The van der Waals surface area contributed by atoms with Gasteiger partial charge in [-0.2, -0.15) is 5.10 Å². The molecule has 1 unspecified atom stereocenters. The molecule has 2 aromatic rings. The van der Waals surface area contributed by atoms with Gasteiger partial charge < -0.3 is 10.3 Å². The average molecular weight is 296 g/mol. The maximum absolute atomic E-state index is 6.35. The number of halogens is 1. The Morgan fingerprint density at radius 2 is 2.15 bits per heavy atom. The molecule has 2 heterocycles. The Hall–Kier alpha value is -1.33. The fourth-order valence-corrected chi connectivity index (χ4v) is 2.43. The van der Waals surface area contributed by atoms with Gasteiger partial charge in [-0.15, -0.1) is 0 Å². The summed E-state index contributed by atoms with van der Waals surface area (Å²) in [6.07, 6.45) is 5.50. The maximum atomic E-state index is 6.35. The molecule has 6 heteroatoms. The minimum absolute atomic E-state index is 0.143. The van der Waals surface area contributed by atoms with E-state index in [2.05, 4.69) is 28.5 Å². The summed E-state index contributed by atoms with van der Waals surface area (Å²) in [6, 6.07) is 0.143. The van der Waals surface area contributed by atoms with Crippen LogP contribution in [0.3, 0.4) is 0 Å². The minimum Gasteiger partial charge on any atom is -0.329 e. The molecule has 1 atom stereocenters. The van der Waals surface area contributed by atoms with Crippen molar-refractivity contribution in [2.75, 3.05) is 0 Å². The summed E-state index contributed by atoms with van der Waals surface area (Å²) in [5.41, 5.74) is 7.91. The quantitative estimate of drug-likeness (QED) is 0.890. The molecule has 0 bridgehead atoms. The van der Waals surface area contributed by atoms with Crippen LogP contribution in [0.5, 0.6) is 0 Å². The first-order valence-corrected chi connectivity index (χ1v) is 7.41. The molecule has 0 radical (unpaired) electrons. The highest BCUT2D eigenvalue weighted by Crippen LogP contribution is 2.21. The van der Waals surface area contributed by atoms with Crippen LogP contribution in [0.4, 0.5) is 0 Å². The van der Waals surface area contributed by atoms with Crippen molar-refractivity contribution in [1.29, 1.82) is 0 Å². The van der Waals surface area contributed by atoms with Gasteiger partial charge in [0, 0.05) is 31.4 Å². The van der Waals surface area contributed by atoms with Gasteiger partial charge in [0.15, 0.2) is 0 Å². The largest absolute Gasteiger partial charge is 0.329 e. The van der Waals surface area contributed by atoms with Crippen molar-refractivity contribution >= 4 is 11.6 Å². The molecule has 0 fully saturated rings. The van der Waals surface area contributed by atoms with E-state index < -0.39 is 0 Å². The molecule has 2 aromatic heterocycles. The Labute approximate surface area is 124 Å². The van der Waals surface area contributed by atoms with E-state index >= 15 is 0 Å². The van der Waals surface area contributed by atoms with Crippen LogP contribution in [-0.2, 0) is 19.5 Å². The van der Waals surface area contributed by atoms with Gasteiger partial charge >= 0.3 is 0 Å². The van der Waals surface area contributed by atoms with Crippen molar-refractivity contribution in [2.45, 2.75) is 52.7 Å². The zero-order valence-electron chi connectivity index (χ0n) is 12.3. The Bertz CT molecular complexity index is 572. The van der Waals surface area contributed by atoms with Crippen LogP contribution in [0.2, 0.25) is 5.02 Å². The molecule has 0 spiro atoms. The van der Waals surface area contributed by atoms with E-state index in [9.17, 15) is 0 Å². The molecule has 20 heavy (non-hydrogen) atoms. The lowest BCUT2D eigenvalue weighted by Crippen LogP contribution is -2.24. The standard InChI is InChI=1S/C14H22ClN5/c1-4-11(16)8-13-17-6-7-19(13)9-12-14(15)10(3)18-20(12)5-2/h6-7,11H,4-5,8-9,16H2,1-3H3. The van der Waals surface area contributed by atoms with Gasteiger partial charge in [-0.25, -0.2) is 4.98 Å². The smallest absolute Gasteiger partial charge is 0.110 e. The Balaban J connectivity index is 2.25. The summed E-state index contributed by atoms with van der Waals surface area (Å²) >= 11 is 6.35. The predicted octanol–water partition coefficient (Wildman–Crippen LogP) is 2.39. The van der Waals surface area contributed by atoms with Crippen LogP contribution in [0.1, 0.15) is 37.5 Å². The van der Waals surface area contributed by atoms with E-state index in [4.69, 9.17) is 17.3 Å². The third-order valence-electron chi connectivity index (χ3n) is 3.54. The second-order valence-corrected chi connectivity index (χ2v) is 5.38. The zero-order valence-corrected chi connectivity index (χ0v) is 13.1. The number of hydrogen-bond acceptors (Lipinski definition) is 3. The highest BCUT2D eigenvalue weighted by molar-refractivity contribution is 6.31. The van der Waals surface area contributed by atoms with E-state index in [0.29, 0.717) is 6.54 Å². The van der Waals surface area contributed by atoms with Gasteiger partial charge in [-0.05, 0) is 20.3 Å². The van der Waals surface area contributed by atoms with E-state index in [1.165, 1.54) is 0 Å². The predicted molar refractivity (Wildman–Crippen MR) is 80.9 cm³/mol. The molecule has 0 saturated carbocycles. The van der Waals surface area contributed by atoms with E-state index in [0.717, 1.165) is 41.6 Å². The highest BCUT2D eigenvalue weighted by Gasteiger charge is 2.15. The van der Waals surface area contributed by atoms with Gasteiger partial charge in [-0.3, -0.25) is 4.68 Å². The molecule has 2 N–H and O–H groups in total. The summed E-state index contributed by atoms with van der Waals surface area (Å²) in [6.45, 7) is 7.57. The van der Waals surface area contributed by atoms with Crippen LogP contribution in [0.25, 0.3) is 0 Å². The van der Waals surface area contributed by atoms with Crippen molar-refractivity contribution in [3.05, 3.63) is 34.6 Å². The number of aryl methyl sites for hydroxylation is 2. The van der Waals surface area contributed by atoms with Crippen molar-refractivity contribution in [3.8, 4) is 0 Å². The number of aromatic nitrogens is 4. The second kappa shape index (κ2) is 6.41. The normalized spacial score (nSPS) is 12.8. The molecule has 0 amide bonds. The molecule has 110 valence electrons. The number of nitrogens with two attached hydrogens (primary N) is 1. The van der Waals surface area contributed by atoms with E-state index in [1.807, 2.05) is 24.0 Å². The summed E-state index contributed by atoms with van der Waals surface area (Å²) in [5.74, 6) is 0.997. The van der Waals surface area contributed by atoms with Gasteiger partial charge in [0.2, 0.25) is 0 Å². The lowest BCUT2D eigenvalue weighted by atomic mass is 10.1. The third-order valence-corrected chi connectivity index (χ3v) is 4.04. The summed E-state index contributed by atoms with van der Waals surface area (Å²) in [7, 11) is 0. The first kappa shape index (κ1) is 15.1. The highest BCUT2D eigenvalue weighted by atomic mass is 35.5. The van der Waals surface area contributed by atoms with Crippen LogP contribution < -0.4 is 5.73 Å². The number of nitrogens with zero attached hydrogens (tertiary/aromatic N) is 4. The first-order chi connectivity index (χ1) is 9.56. The van der Waals surface area contributed by atoms with Crippen LogP contribution in [0, 0.1) is 6.92 Å². The van der Waals surface area contributed by atoms with Crippen LogP contribution >= 0.6 is 11.6 Å². The van der Waals surface area contributed by atoms with Crippen molar-refractivity contribution < 1.29 is 0 Å². The Kier molecular flexibility index (Phi) is 4.83. The van der Waals surface area contributed by atoms with Crippen molar-refractivity contribution in [3.63, 3.8) is 0 Å². The van der Waals surface area contributed by atoms with Gasteiger partial charge in [0.05, 0.1) is 23.0 Å². The fraction of sp³-hybridized carbons (Fsp3) is 0.571. The molecule has 0 saturated heterocycles. The molecule has 0 aliphatic rings. The van der Waals surface area contributed by atoms with Crippen LogP contribution in [-0.4, -0.2) is 25.4 Å². The zero-order chi connectivity index (χ0) is 14.7. The topological polar surface area (TPSA) is 61.7 Å². The van der Waals surface area contributed by atoms with Gasteiger partial charge in [-0.1, -0.05) is 18.5 Å². The fourth-order valence-electron chi connectivity index (χ4n) is 2.23. The molecule has 5 nitrogen and oxygen atoms in total. The van der Waals surface area contributed by atoms with Crippen LogP contribution in [0.15, 0.2) is 12.4 Å². The van der Waals surface area contributed by atoms with E-state index in [-0.39, 0.29) is 6.04 Å². The van der Waals surface area contributed by atoms with Crippen molar-refractivity contribution in [2.24, 2.45) is 5.73 Å².